The molecule has 0 aliphatic carbocycles. The Morgan fingerprint density at radius 3 is 2.11 bits per heavy atom. The van der Waals surface area contributed by atoms with Crippen LogP contribution >= 0.6 is 0 Å². The van der Waals surface area contributed by atoms with Crippen LogP contribution in [0.5, 0.6) is 0 Å². The monoisotopic (exact) mass is 541 g/mol. The Kier molecular flexibility index (Phi) is 10.1. The number of ether oxygens (including phenoxy) is 1. The van der Waals surface area contributed by atoms with Gasteiger partial charge in [0.2, 0.25) is 0 Å². The maximum Gasteiger partial charge on any atom is 0.516 e. The summed E-state index contributed by atoms with van der Waals surface area (Å²) in [5.74, 6) is 1.53. The van der Waals surface area contributed by atoms with Crippen LogP contribution in [0.1, 0.15) is 72.5 Å². The van der Waals surface area contributed by atoms with Gasteiger partial charge in [0.15, 0.2) is 0 Å². The fourth-order valence-corrected chi connectivity index (χ4v) is 5.26. The lowest BCUT2D eigenvalue weighted by atomic mass is 9.83. The van der Waals surface area contributed by atoms with E-state index >= 15 is 0 Å². The molecule has 1 fully saturated rings. The van der Waals surface area contributed by atoms with Crippen molar-refractivity contribution in [2.24, 2.45) is 5.92 Å². The summed E-state index contributed by atoms with van der Waals surface area (Å²) in [7, 11) is -1.68. The van der Waals surface area contributed by atoms with Crippen LogP contribution in [0.2, 0.25) is 25.7 Å². The van der Waals surface area contributed by atoms with E-state index in [1.165, 1.54) is 5.56 Å². The van der Waals surface area contributed by atoms with Gasteiger partial charge in [0.25, 0.3) is 0 Å². The fraction of sp³-hybridized carbons (Fsp3) is 0.700. The molecule has 1 aliphatic heterocycles. The van der Waals surface area contributed by atoms with Crippen molar-refractivity contribution in [3.05, 3.63) is 47.4 Å². The number of hydrogen-bond acceptors (Lipinski definition) is 5. The van der Waals surface area contributed by atoms with Crippen LogP contribution in [0.25, 0.3) is 0 Å². The molecule has 2 aromatic rings. The number of nitrogens with zero attached hydrogens (tertiary/aromatic N) is 3. The molecule has 0 amide bonds. The first-order chi connectivity index (χ1) is 17.6. The maximum absolute atomic E-state index is 6.54. The molecule has 3 rings (SSSR count). The van der Waals surface area contributed by atoms with Gasteiger partial charge in [-0.15, -0.1) is 0 Å². The molecule has 6 nitrogen and oxygen atoms in total. The van der Waals surface area contributed by atoms with Crippen LogP contribution < -0.4 is 5.59 Å². The van der Waals surface area contributed by atoms with Crippen LogP contribution in [-0.2, 0) is 40.3 Å². The summed E-state index contributed by atoms with van der Waals surface area (Å²) < 4.78 is 21.7. The summed E-state index contributed by atoms with van der Waals surface area (Å²) in [4.78, 5) is 7.72. The number of imidazole rings is 1. The summed E-state index contributed by atoms with van der Waals surface area (Å²) in [6.45, 7) is 27.5. The normalized spacial score (nSPS) is 17.4. The van der Waals surface area contributed by atoms with Crippen molar-refractivity contribution in [3.8, 4) is 0 Å². The van der Waals surface area contributed by atoms with Crippen molar-refractivity contribution in [1.29, 1.82) is 0 Å². The van der Waals surface area contributed by atoms with Crippen molar-refractivity contribution < 1.29 is 14.0 Å². The first-order valence-corrected chi connectivity index (χ1v) is 18.1. The molecule has 212 valence electrons. The standard InChI is InChI=1S/C30H52BN3O3Si/c1-23(2)19-27-32-28(31-36-29(5,6)30(7,8)37-31)26(34(27)22-35-17-18-38(9,10)11)21-33(24(3)4)20-25-15-13-12-14-16-25/h12-16,23-24H,17-22H2,1-11H3. The van der Waals surface area contributed by atoms with Gasteiger partial charge in [-0.3, -0.25) is 4.90 Å². The van der Waals surface area contributed by atoms with E-state index in [1.54, 1.807) is 0 Å². The molecule has 0 saturated carbocycles. The first kappa shape index (κ1) is 31.1. The predicted molar refractivity (Wildman–Crippen MR) is 161 cm³/mol. The number of aromatic nitrogens is 2. The smallest absolute Gasteiger partial charge is 0.398 e. The van der Waals surface area contributed by atoms with Crippen molar-refractivity contribution in [3.63, 3.8) is 0 Å². The molecule has 0 radical (unpaired) electrons. The quantitative estimate of drug-likeness (QED) is 0.226. The summed E-state index contributed by atoms with van der Waals surface area (Å²) in [5, 5.41) is 0. The van der Waals surface area contributed by atoms with E-state index in [0.717, 1.165) is 49.3 Å². The Morgan fingerprint density at radius 2 is 1.58 bits per heavy atom. The lowest BCUT2D eigenvalue weighted by Gasteiger charge is -2.32. The van der Waals surface area contributed by atoms with Crippen LogP contribution in [-0.4, -0.2) is 53.5 Å². The second-order valence-electron chi connectivity index (χ2n) is 13.8. The van der Waals surface area contributed by atoms with Gasteiger partial charge in [0.05, 0.1) is 22.5 Å². The Hall–Kier alpha value is -1.45. The summed E-state index contributed by atoms with van der Waals surface area (Å²) in [6.07, 6.45) is 0.879. The molecule has 1 saturated heterocycles. The van der Waals surface area contributed by atoms with E-state index in [4.69, 9.17) is 19.0 Å². The minimum Gasteiger partial charge on any atom is -0.398 e. The number of rotatable bonds is 13. The van der Waals surface area contributed by atoms with Gasteiger partial charge in [-0.25, -0.2) is 4.98 Å². The van der Waals surface area contributed by atoms with E-state index in [1.807, 2.05) is 0 Å². The summed E-state index contributed by atoms with van der Waals surface area (Å²) in [6, 6.07) is 12.2. The minimum atomic E-state index is -1.18. The van der Waals surface area contributed by atoms with Gasteiger partial charge in [-0.05, 0) is 59.1 Å². The lowest BCUT2D eigenvalue weighted by molar-refractivity contribution is 0.00578. The molecule has 0 N–H and O–H groups in total. The van der Waals surface area contributed by atoms with Gasteiger partial charge >= 0.3 is 7.12 Å². The molecule has 0 spiro atoms. The van der Waals surface area contributed by atoms with Crippen LogP contribution in [0, 0.1) is 5.92 Å². The first-order valence-electron chi connectivity index (χ1n) is 14.4. The molecule has 1 aliphatic rings. The molecule has 0 unspecified atom stereocenters. The van der Waals surface area contributed by atoms with Gasteiger partial charge in [0, 0.05) is 40.2 Å². The highest BCUT2D eigenvalue weighted by molar-refractivity contribution is 6.76. The second kappa shape index (κ2) is 12.4. The van der Waals surface area contributed by atoms with Crippen LogP contribution in [0.3, 0.4) is 0 Å². The molecule has 1 aromatic carbocycles. The topological polar surface area (TPSA) is 48.8 Å². The number of hydrogen-bond donors (Lipinski definition) is 0. The van der Waals surface area contributed by atoms with Crippen LogP contribution in [0.15, 0.2) is 30.3 Å². The molecular weight excluding hydrogens is 489 g/mol. The van der Waals surface area contributed by atoms with Crippen LogP contribution in [0.4, 0.5) is 0 Å². The highest BCUT2D eigenvalue weighted by atomic mass is 28.3. The summed E-state index contributed by atoms with van der Waals surface area (Å²) >= 11 is 0. The number of benzene rings is 1. The third-order valence-corrected chi connectivity index (χ3v) is 9.48. The molecule has 0 atom stereocenters. The molecule has 38 heavy (non-hydrogen) atoms. The molecule has 8 heteroatoms. The fourth-order valence-electron chi connectivity index (χ4n) is 4.51. The van der Waals surface area contributed by atoms with E-state index < -0.39 is 26.4 Å². The van der Waals surface area contributed by atoms with E-state index in [9.17, 15) is 0 Å². The SMILES string of the molecule is CC(C)Cc1nc(B2OC(C)(C)C(C)(C)O2)c(CN(Cc2ccccc2)C(C)C)n1COCC[Si](C)(C)C. The predicted octanol–water partition coefficient (Wildman–Crippen LogP) is 6.10. The average molecular weight is 542 g/mol. The van der Waals surface area contributed by atoms with Crippen molar-refractivity contribution in [2.75, 3.05) is 6.61 Å². The lowest BCUT2D eigenvalue weighted by Crippen LogP contribution is -2.41. The van der Waals surface area contributed by atoms with E-state index in [-0.39, 0.29) is 0 Å². The third-order valence-electron chi connectivity index (χ3n) is 7.78. The molecule has 1 aromatic heterocycles. The molecule has 2 heterocycles. The van der Waals surface area contributed by atoms with Crippen molar-refractivity contribution >= 4 is 20.8 Å². The zero-order chi connectivity index (χ0) is 28.3. The Balaban J connectivity index is 2.02. The maximum atomic E-state index is 6.54. The Labute approximate surface area is 233 Å². The van der Waals surface area contributed by atoms with Crippen molar-refractivity contribution in [1.82, 2.24) is 14.5 Å². The highest BCUT2D eigenvalue weighted by Crippen LogP contribution is 2.37. The molecule has 0 bridgehead atoms. The minimum absolute atomic E-state index is 0.353. The summed E-state index contributed by atoms with van der Waals surface area (Å²) in [5.41, 5.74) is 2.49. The van der Waals surface area contributed by atoms with E-state index in [0.29, 0.717) is 18.7 Å². The Bertz CT molecular complexity index is 1020. The van der Waals surface area contributed by atoms with Gasteiger partial charge in [-0.1, -0.05) is 63.8 Å². The highest BCUT2D eigenvalue weighted by Gasteiger charge is 2.53. The Morgan fingerprint density at radius 1 is 0.974 bits per heavy atom. The van der Waals surface area contributed by atoms with E-state index in [2.05, 4.69) is 115 Å². The largest absolute Gasteiger partial charge is 0.516 e. The zero-order valence-corrected chi connectivity index (χ0v) is 26.9. The third kappa shape index (κ3) is 8.04. The van der Waals surface area contributed by atoms with Gasteiger partial charge in [0.1, 0.15) is 12.6 Å². The zero-order valence-electron chi connectivity index (χ0n) is 25.9. The average Bonchev–Trinajstić information content (AvgIpc) is 3.22. The second-order valence-corrected chi connectivity index (χ2v) is 19.4. The van der Waals surface area contributed by atoms with Gasteiger partial charge in [-0.2, -0.15) is 0 Å². The van der Waals surface area contributed by atoms with Gasteiger partial charge < -0.3 is 18.6 Å². The molecular formula is C30H52BN3O3Si. The van der Waals surface area contributed by atoms with Crippen molar-refractivity contribution in [2.45, 2.75) is 125 Å².